The molecule has 6 nitrogen and oxygen atoms in total. The van der Waals surface area contributed by atoms with Crippen molar-refractivity contribution in [3.63, 3.8) is 0 Å². The lowest BCUT2D eigenvalue weighted by atomic mass is 10.0. The van der Waals surface area contributed by atoms with E-state index in [2.05, 4.69) is 27.7 Å². The van der Waals surface area contributed by atoms with Gasteiger partial charge in [0.15, 0.2) is 0 Å². The van der Waals surface area contributed by atoms with Crippen molar-refractivity contribution in [2.45, 2.75) is 220 Å². The fraction of sp³-hybridized carbons (Fsp3) is 0.804. The van der Waals surface area contributed by atoms with Crippen molar-refractivity contribution in [3.8, 4) is 0 Å². The molecule has 0 atom stereocenters. The molecule has 1 aromatic carbocycles. The van der Waals surface area contributed by atoms with Gasteiger partial charge in [0.05, 0.1) is 30.9 Å². The number of hydrogen-bond donors (Lipinski definition) is 0. The molecule has 0 N–H and O–H groups in total. The molecule has 302 valence electrons. The van der Waals surface area contributed by atoms with E-state index in [0.29, 0.717) is 37.4 Å². The predicted octanol–water partition coefficient (Wildman–Crippen LogP) is 14.3. The highest BCUT2D eigenvalue weighted by Gasteiger charge is 2.18. The largest absolute Gasteiger partial charge is 0.466 e. The molecule has 0 fully saturated rings. The van der Waals surface area contributed by atoms with Gasteiger partial charge >= 0.3 is 17.9 Å². The summed E-state index contributed by atoms with van der Waals surface area (Å²) < 4.78 is 15.9. The molecule has 0 amide bonds. The topological polar surface area (TPSA) is 78.9 Å². The maximum atomic E-state index is 12.4. The lowest BCUT2D eigenvalue weighted by Crippen LogP contribution is -2.15. The van der Waals surface area contributed by atoms with E-state index in [4.69, 9.17) is 14.2 Å². The van der Waals surface area contributed by atoms with Gasteiger partial charge in [0, 0.05) is 6.42 Å². The van der Waals surface area contributed by atoms with Crippen LogP contribution in [0.1, 0.15) is 241 Å². The first kappa shape index (κ1) is 49.6. The Hall–Kier alpha value is -2.37. The van der Waals surface area contributed by atoms with Crippen molar-refractivity contribution in [1.29, 1.82) is 0 Å². The van der Waals surface area contributed by atoms with Gasteiger partial charge in [-0.25, -0.2) is 9.59 Å². The molecule has 52 heavy (non-hydrogen) atoms. The summed E-state index contributed by atoms with van der Waals surface area (Å²) >= 11 is 0. The standard InChI is InChI=1S/C24H38O4.C22H44O2/c1-3-5-7-9-11-15-19-27-23(25)21-17-13-14-18-22(21)24(26)28-20-16-12-10-8-6-4-2;1-3-5-7-8-9-10-11-12-13-14-15-16-17-18-19-20-22(23)24-21-6-4-2/h13-14,17-18H,3-12,15-16,19-20H2,1-2H3;3-21H2,1-2H3. The molecular weight excluding hydrogens is 649 g/mol. The Kier molecular flexibility index (Phi) is 38.0. The summed E-state index contributed by atoms with van der Waals surface area (Å²) in [6, 6.07) is 6.74. The van der Waals surface area contributed by atoms with Crippen LogP contribution in [0, 0.1) is 0 Å². The minimum absolute atomic E-state index is 0.00172. The molecule has 0 saturated carbocycles. The third-order valence-electron chi connectivity index (χ3n) is 9.57. The maximum absolute atomic E-state index is 12.4. The van der Waals surface area contributed by atoms with Crippen LogP contribution in [0.5, 0.6) is 0 Å². The van der Waals surface area contributed by atoms with E-state index >= 15 is 0 Å². The van der Waals surface area contributed by atoms with Crippen LogP contribution in [0.25, 0.3) is 0 Å². The molecule has 0 saturated heterocycles. The molecule has 0 heterocycles. The van der Waals surface area contributed by atoms with Crippen molar-refractivity contribution in [1.82, 2.24) is 0 Å². The van der Waals surface area contributed by atoms with Crippen molar-refractivity contribution < 1.29 is 28.6 Å². The fourth-order valence-electron chi connectivity index (χ4n) is 6.13. The van der Waals surface area contributed by atoms with E-state index in [-0.39, 0.29) is 5.97 Å². The minimum atomic E-state index is -0.444. The quantitative estimate of drug-likeness (QED) is 0.0393. The highest BCUT2D eigenvalue weighted by atomic mass is 16.5. The zero-order chi connectivity index (χ0) is 38.2. The van der Waals surface area contributed by atoms with Crippen molar-refractivity contribution in [3.05, 3.63) is 35.4 Å². The Bertz CT molecular complexity index is 896. The third-order valence-corrected chi connectivity index (χ3v) is 9.57. The highest BCUT2D eigenvalue weighted by molar-refractivity contribution is 6.03. The van der Waals surface area contributed by atoms with E-state index in [9.17, 15) is 14.4 Å². The van der Waals surface area contributed by atoms with E-state index in [1.165, 1.54) is 141 Å². The molecule has 0 aliphatic carbocycles. The second-order valence-corrected chi connectivity index (χ2v) is 14.6. The van der Waals surface area contributed by atoms with Crippen LogP contribution in [-0.2, 0) is 19.0 Å². The van der Waals surface area contributed by atoms with Gasteiger partial charge in [0.2, 0.25) is 0 Å². The van der Waals surface area contributed by atoms with Crippen LogP contribution in [0.15, 0.2) is 24.3 Å². The summed E-state index contributed by atoms with van der Waals surface area (Å²) in [5.74, 6) is -0.889. The molecule has 0 radical (unpaired) electrons. The fourth-order valence-corrected chi connectivity index (χ4v) is 6.13. The van der Waals surface area contributed by atoms with Crippen LogP contribution in [0.4, 0.5) is 0 Å². The van der Waals surface area contributed by atoms with Crippen molar-refractivity contribution >= 4 is 17.9 Å². The van der Waals surface area contributed by atoms with Gasteiger partial charge in [-0.15, -0.1) is 0 Å². The number of esters is 3. The Morgan fingerprint density at radius 2 is 0.654 bits per heavy atom. The average Bonchev–Trinajstić information content (AvgIpc) is 3.15. The first-order valence-corrected chi connectivity index (χ1v) is 22.1. The van der Waals surface area contributed by atoms with E-state index < -0.39 is 11.9 Å². The van der Waals surface area contributed by atoms with E-state index in [1.807, 2.05) is 0 Å². The van der Waals surface area contributed by atoms with Gasteiger partial charge in [-0.2, -0.15) is 0 Å². The normalized spacial score (nSPS) is 10.8. The van der Waals surface area contributed by atoms with E-state index in [0.717, 1.165) is 44.9 Å². The molecule has 1 aromatic rings. The summed E-state index contributed by atoms with van der Waals surface area (Å²) in [5.41, 5.74) is 0.586. The SMILES string of the molecule is CCCCCCCCCCCCCCCCCC(=O)OCCCC.CCCCCCCCOC(=O)c1ccccc1C(=O)OCCCCCCCC. The molecule has 1 rings (SSSR count). The second-order valence-electron chi connectivity index (χ2n) is 14.6. The molecule has 0 unspecified atom stereocenters. The summed E-state index contributed by atoms with van der Waals surface area (Å²) in [6.45, 7) is 10.2. The van der Waals surface area contributed by atoms with Gasteiger partial charge in [0.25, 0.3) is 0 Å². The monoisotopic (exact) mass is 731 g/mol. The van der Waals surface area contributed by atoms with Crippen molar-refractivity contribution in [2.75, 3.05) is 19.8 Å². The minimum Gasteiger partial charge on any atom is -0.466 e. The number of unbranched alkanes of at least 4 members (excludes halogenated alkanes) is 25. The molecular formula is C46H82O6. The number of ether oxygens (including phenoxy) is 3. The summed E-state index contributed by atoms with van der Waals surface area (Å²) in [5, 5.41) is 0. The molecule has 0 bridgehead atoms. The van der Waals surface area contributed by atoms with Crippen molar-refractivity contribution in [2.24, 2.45) is 0 Å². The maximum Gasteiger partial charge on any atom is 0.339 e. The molecule has 0 aliphatic heterocycles. The van der Waals surface area contributed by atoms with Gasteiger partial charge in [0.1, 0.15) is 0 Å². The second kappa shape index (κ2) is 39.8. The van der Waals surface area contributed by atoms with Crippen LogP contribution in [0.2, 0.25) is 0 Å². The van der Waals surface area contributed by atoms with Gasteiger partial charge in [-0.3, -0.25) is 4.79 Å². The summed E-state index contributed by atoms with van der Waals surface area (Å²) in [6.07, 6.45) is 36.7. The van der Waals surface area contributed by atoms with Crippen LogP contribution in [0.3, 0.4) is 0 Å². The number of hydrogen-bond acceptors (Lipinski definition) is 6. The molecule has 0 aromatic heterocycles. The average molecular weight is 731 g/mol. The Labute approximate surface area is 321 Å². The zero-order valence-corrected chi connectivity index (χ0v) is 34.6. The zero-order valence-electron chi connectivity index (χ0n) is 34.6. The van der Waals surface area contributed by atoms with Gasteiger partial charge in [-0.1, -0.05) is 200 Å². The van der Waals surface area contributed by atoms with Crippen LogP contribution in [-0.4, -0.2) is 37.7 Å². The van der Waals surface area contributed by atoms with E-state index in [1.54, 1.807) is 24.3 Å². The Balaban J connectivity index is 0.00000101. The van der Waals surface area contributed by atoms with Gasteiger partial charge < -0.3 is 14.2 Å². The Morgan fingerprint density at radius 3 is 1.00 bits per heavy atom. The summed E-state index contributed by atoms with van der Waals surface area (Å²) in [4.78, 5) is 36.1. The van der Waals surface area contributed by atoms with Crippen LogP contribution < -0.4 is 0 Å². The highest BCUT2D eigenvalue weighted by Crippen LogP contribution is 2.15. The number of rotatable bonds is 35. The third kappa shape index (κ3) is 32.3. The summed E-state index contributed by atoms with van der Waals surface area (Å²) in [7, 11) is 0. The lowest BCUT2D eigenvalue weighted by molar-refractivity contribution is -0.143. The van der Waals surface area contributed by atoms with Crippen LogP contribution >= 0.6 is 0 Å². The molecule has 0 aliphatic rings. The smallest absolute Gasteiger partial charge is 0.339 e. The predicted molar refractivity (Wildman–Crippen MR) is 219 cm³/mol. The first-order chi connectivity index (χ1) is 25.5. The lowest BCUT2D eigenvalue weighted by Gasteiger charge is -2.10. The van der Waals surface area contributed by atoms with Gasteiger partial charge in [-0.05, 0) is 37.8 Å². The number of benzene rings is 1. The molecule has 6 heteroatoms. The number of carbonyl (C=O) groups is 3. The molecule has 0 spiro atoms. The Morgan fingerprint density at radius 1 is 0.365 bits per heavy atom. The number of carbonyl (C=O) groups excluding carboxylic acids is 3. The first-order valence-electron chi connectivity index (χ1n) is 22.1.